The highest BCUT2D eigenvalue weighted by molar-refractivity contribution is 5.93. The van der Waals surface area contributed by atoms with Crippen molar-refractivity contribution < 1.29 is 23.0 Å². The number of benzene rings is 3. The van der Waals surface area contributed by atoms with E-state index in [1.807, 2.05) is 0 Å². The average molecular weight is 449 g/mol. The van der Waals surface area contributed by atoms with Crippen LogP contribution in [0.1, 0.15) is 10.5 Å². The van der Waals surface area contributed by atoms with Gasteiger partial charge in [-0.05, 0) is 59.7 Å². The summed E-state index contributed by atoms with van der Waals surface area (Å²) < 4.78 is 39.1. The fourth-order valence-electron chi connectivity index (χ4n) is 3.25. The zero-order valence-electron chi connectivity index (χ0n) is 17.8. The molecule has 0 saturated carbocycles. The van der Waals surface area contributed by atoms with Crippen LogP contribution in [0.15, 0.2) is 79.3 Å². The van der Waals surface area contributed by atoms with Gasteiger partial charge in [0.05, 0.1) is 26.2 Å². The number of nitrogens with one attached hydrogen (secondary N) is 1. The number of nitrogens with zero attached hydrogens (tertiary/aromatic N) is 2. The van der Waals surface area contributed by atoms with E-state index in [2.05, 4.69) is 10.3 Å². The molecule has 0 bridgehead atoms. The Hall–Kier alpha value is -4.20. The normalized spacial score (nSPS) is 10.6. The minimum Gasteiger partial charge on any atom is -0.497 e. The molecule has 0 spiro atoms. The summed E-state index contributed by atoms with van der Waals surface area (Å²) >= 11 is 0. The molecule has 33 heavy (non-hydrogen) atoms. The molecule has 0 aliphatic rings. The van der Waals surface area contributed by atoms with E-state index >= 15 is 0 Å². The van der Waals surface area contributed by atoms with Crippen molar-refractivity contribution in [3.05, 3.63) is 96.6 Å². The minimum absolute atomic E-state index is 0.296. The molecule has 4 rings (SSSR count). The summed E-state index contributed by atoms with van der Waals surface area (Å²) in [6.07, 6.45) is 3.01. The topological polar surface area (TPSA) is 65.4 Å². The maximum absolute atomic E-state index is 13.5. The number of carbonyl (C=O) groups is 1. The summed E-state index contributed by atoms with van der Waals surface area (Å²) in [7, 11) is 1.59. The summed E-state index contributed by atoms with van der Waals surface area (Å²) in [5.74, 6) is -0.673. The monoisotopic (exact) mass is 449 g/mol. The lowest BCUT2D eigenvalue weighted by Gasteiger charge is -2.11. The van der Waals surface area contributed by atoms with Gasteiger partial charge in [-0.3, -0.25) is 9.36 Å². The largest absolute Gasteiger partial charge is 0.497 e. The second-order valence-corrected chi connectivity index (χ2v) is 7.10. The van der Waals surface area contributed by atoms with Gasteiger partial charge in [0.2, 0.25) is 0 Å². The predicted octanol–water partition coefficient (Wildman–Crippen LogP) is 4.63. The summed E-state index contributed by atoms with van der Waals surface area (Å²) in [5, 5.41) is 2.81. The van der Waals surface area contributed by atoms with Gasteiger partial charge in [-0.15, -0.1) is 0 Å². The van der Waals surface area contributed by atoms with Gasteiger partial charge in [0.15, 0.2) is 11.6 Å². The highest BCUT2D eigenvalue weighted by atomic mass is 19.2. The van der Waals surface area contributed by atoms with Crippen LogP contribution in [0.3, 0.4) is 0 Å². The molecule has 4 aromatic rings. The van der Waals surface area contributed by atoms with E-state index in [4.69, 9.17) is 9.47 Å². The standard InChI is InChI=1S/C25H21F2N3O3/c1-32-20-7-9-21(10-8-20)33-13-12-29-25(31)24-15-28-16-30(24)19-5-2-17(3-6-19)18-4-11-22(26)23(27)14-18/h2-11,14-16H,12-13H2,1H3,(H,29,31). The molecular weight excluding hydrogens is 428 g/mol. The molecule has 1 amide bonds. The Kier molecular flexibility index (Phi) is 6.64. The van der Waals surface area contributed by atoms with Crippen molar-refractivity contribution in [3.63, 3.8) is 0 Å². The zero-order chi connectivity index (χ0) is 23.2. The van der Waals surface area contributed by atoms with Crippen molar-refractivity contribution in [1.29, 1.82) is 0 Å². The Balaban J connectivity index is 1.37. The molecule has 1 N–H and O–H groups in total. The molecule has 1 heterocycles. The van der Waals surface area contributed by atoms with Crippen LogP contribution in [0.4, 0.5) is 8.78 Å². The first kappa shape index (κ1) is 22.0. The zero-order valence-corrected chi connectivity index (χ0v) is 17.8. The Labute approximate surface area is 189 Å². The Morgan fingerprint density at radius 2 is 1.64 bits per heavy atom. The highest BCUT2D eigenvalue weighted by Crippen LogP contribution is 2.23. The smallest absolute Gasteiger partial charge is 0.270 e. The Bertz CT molecular complexity index is 1240. The van der Waals surface area contributed by atoms with Gasteiger partial charge in [-0.2, -0.15) is 0 Å². The molecule has 0 radical (unpaired) electrons. The third-order valence-electron chi connectivity index (χ3n) is 4.99. The van der Waals surface area contributed by atoms with Crippen molar-refractivity contribution in [1.82, 2.24) is 14.9 Å². The Morgan fingerprint density at radius 3 is 2.33 bits per heavy atom. The van der Waals surface area contributed by atoms with E-state index in [0.717, 1.165) is 23.4 Å². The number of amides is 1. The third kappa shape index (κ3) is 5.17. The number of ether oxygens (including phenoxy) is 2. The molecule has 8 heteroatoms. The van der Waals surface area contributed by atoms with Crippen molar-refractivity contribution in [3.8, 4) is 28.3 Å². The average Bonchev–Trinajstić information content (AvgIpc) is 3.34. The molecule has 0 aliphatic carbocycles. The molecule has 0 unspecified atom stereocenters. The van der Waals surface area contributed by atoms with E-state index < -0.39 is 11.6 Å². The van der Waals surface area contributed by atoms with Crippen LogP contribution in [0, 0.1) is 11.6 Å². The molecule has 0 atom stereocenters. The maximum atomic E-state index is 13.5. The van der Waals surface area contributed by atoms with E-state index in [9.17, 15) is 13.6 Å². The molecule has 1 aromatic heterocycles. The number of aromatic nitrogens is 2. The lowest BCUT2D eigenvalue weighted by molar-refractivity contribution is 0.0940. The van der Waals surface area contributed by atoms with Crippen LogP contribution in [0.2, 0.25) is 0 Å². The van der Waals surface area contributed by atoms with E-state index in [1.54, 1.807) is 60.2 Å². The molecule has 6 nitrogen and oxygen atoms in total. The number of hydrogen-bond acceptors (Lipinski definition) is 4. The van der Waals surface area contributed by atoms with E-state index in [1.165, 1.54) is 18.6 Å². The SMILES string of the molecule is COc1ccc(OCCNC(=O)c2cncn2-c2ccc(-c3ccc(F)c(F)c3)cc2)cc1. The van der Waals surface area contributed by atoms with Crippen molar-refractivity contribution >= 4 is 5.91 Å². The van der Waals surface area contributed by atoms with Crippen molar-refractivity contribution in [2.24, 2.45) is 0 Å². The van der Waals surface area contributed by atoms with Crippen LogP contribution in [0.5, 0.6) is 11.5 Å². The van der Waals surface area contributed by atoms with Gasteiger partial charge in [-0.1, -0.05) is 18.2 Å². The lowest BCUT2D eigenvalue weighted by atomic mass is 10.1. The van der Waals surface area contributed by atoms with E-state index in [0.29, 0.717) is 35.8 Å². The van der Waals surface area contributed by atoms with Crippen molar-refractivity contribution in [2.75, 3.05) is 20.3 Å². The third-order valence-corrected chi connectivity index (χ3v) is 4.99. The summed E-state index contributed by atoms with van der Waals surface area (Å²) in [5.41, 5.74) is 2.35. The number of carbonyl (C=O) groups excluding carboxylic acids is 1. The van der Waals surface area contributed by atoms with Gasteiger partial charge in [-0.25, -0.2) is 13.8 Å². The fourth-order valence-corrected chi connectivity index (χ4v) is 3.25. The molecular formula is C25H21F2N3O3. The molecule has 0 fully saturated rings. The first-order valence-electron chi connectivity index (χ1n) is 10.2. The van der Waals surface area contributed by atoms with Gasteiger partial charge in [0.1, 0.15) is 23.8 Å². The predicted molar refractivity (Wildman–Crippen MR) is 120 cm³/mol. The second-order valence-electron chi connectivity index (χ2n) is 7.10. The van der Waals surface area contributed by atoms with Gasteiger partial charge in [0.25, 0.3) is 5.91 Å². The maximum Gasteiger partial charge on any atom is 0.270 e. The van der Waals surface area contributed by atoms with Gasteiger partial charge >= 0.3 is 0 Å². The minimum atomic E-state index is -0.902. The van der Waals surface area contributed by atoms with Gasteiger partial charge < -0.3 is 14.8 Å². The van der Waals surface area contributed by atoms with E-state index in [-0.39, 0.29) is 5.91 Å². The Morgan fingerprint density at radius 1 is 0.939 bits per heavy atom. The van der Waals surface area contributed by atoms with Gasteiger partial charge in [0, 0.05) is 5.69 Å². The molecule has 168 valence electrons. The summed E-state index contributed by atoms with van der Waals surface area (Å²) in [6, 6.07) is 18.0. The summed E-state index contributed by atoms with van der Waals surface area (Å²) in [6.45, 7) is 0.611. The van der Waals surface area contributed by atoms with Crippen molar-refractivity contribution in [2.45, 2.75) is 0 Å². The number of imidazole rings is 1. The van der Waals surface area contributed by atoms with Crippen LogP contribution >= 0.6 is 0 Å². The highest BCUT2D eigenvalue weighted by Gasteiger charge is 2.13. The number of methoxy groups -OCH3 is 1. The summed E-state index contributed by atoms with van der Waals surface area (Å²) in [4.78, 5) is 16.7. The molecule has 0 aliphatic heterocycles. The quantitative estimate of drug-likeness (QED) is 0.398. The fraction of sp³-hybridized carbons (Fsp3) is 0.120. The first-order valence-corrected chi connectivity index (χ1v) is 10.2. The number of hydrogen-bond donors (Lipinski definition) is 1. The number of halogens is 2. The molecule has 0 saturated heterocycles. The lowest BCUT2D eigenvalue weighted by Crippen LogP contribution is -2.29. The van der Waals surface area contributed by atoms with Crippen LogP contribution < -0.4 is 14.8 Å². The van der Waals surface area contributed by atoms with Crippen LogP contribution in [0.25, 0.3) is 16.8 Å². The molecule has 3 aromatic carbocycles. The number of rotatable bonds is 8. The van der Waals surface area contributed by atoms with Crippen LogP contribution in [-0.4, -0.2) is 35.7 Å². The first-order chi connectivity index (χ1) is 16.0. The second kappa shape index (κ2) is 9.95. The van der Waals surface area contributed by atoms with Crippen LogP contribution in [-0.2, 0) is 0 Å².